The Labute approximate surface area is 175 Å². The highest BCUT2D eigenvalue weighted by atomic mass is 16.5. The van der Waals surface area contributed by atoms with Gasteiger partial charge < -0.3 is 19.5 Å². The van der Waals surface area contributed by atoms with Gasteiger partial charge in [0.15, 0.2) is 18.1 Å². The molecular formula is C22H28N2O6. The molecule has 4 fully saturated rings. The lowest BCUT2D eigenvalue weighted by Gasteiger charge is -2.56. The second-order valence-corrected chi connectivity index (χ2v) is 8.82. The van der Waals surface area contributed by atoms with Crippen molar-refractivity contribution in [3.05, 3.63) is 23.8 Å². The van der Waals surface area contributed by atoms with Crippen LogP contribution in [0.15, 0.2) is 18.2 Å². The summed E-state index contributed by atoms with van der Waals surface area (Å²) in [5, 5.41) is 5.35. The molecule has 1 aromatic rings. The number of esters is 1. The Kier molecular flexibility index (Phi) is 5.58. The third kappa shape index (κ3) is 4.08. The molecule has 1 aromatic carbocycles. The Hall–Kier alpha value is -2.77. The summed E-state index contributed by atoms with van der Waals surface area (Å²) in [6.07, 6.45) is 6.78. The summed E-state index contributed by atoms with van der Waals surface area (Å²) < 4.78 is 15.4. The minimum absolute atomic E-state index is 0.141. The van der Waals surface area contributed by atoms with Crippen LogP contribution in [-0.4, -0.2) is 44.3 Å². The number of benzene rings is 1. The number of hydrogen-bond donors (Lipinski definition) is 2. The Balaban J connectivity index is 1.29. The number of amides is 3. The predicted octanol–water partition coefficient (Wildman–Crippen LogP) is 2.66. The van der Waals surface area contributed by atoms with Gasteiger partial charge in [-0.3, -0.25) is 10.1 Å². The zero-order valence-electron chi connectivity index (χ0n) is 17.4. The van der Waals surface area contributed by atoms with E-state index in [-0.39, 0.29) is 16.9 Å². The maximum Gasteiger partial charge on any atom is 0.342 e. The molecule has 2 N–H and O–H groups in total. The van der Waals surface area contributed by atoms with Crippen LogP contribution in [0.3, 0.4) is 0 Å². The monoisotopic (exact) mass is 416 g/mol. The Morgan fingerprint density at radius 2 is 1.63 bits per heavy atom. The highest BCUT2D eigenvalue weighted by Crippen LogP contribution is 2.55. The van der Waals surface area contributed by atoms with Gasteiger partial charge in [0.05, 0.1) is 14.2 Å². The minimum atomic E-state index is -0.734. The van der Waals surface area contributed by atoms with Gasteiger partial charge in [-0.15, -0.1) is 0 Å². The topological polar surface area (TPSA) is 103 Å². The number of urea groups is 1. The van der Waals surface area contributed by atoms with Crippen molar-refractivity contribution in [2.75, 3.05) is 20.8 Å². The lowest BCUT2D eigenvalue weighted by Crippen LogP contribution is -2.62. The van der Waals surface area contributed by atoms with E-state index >= 15 is 0 Å². The average Bonchev–Trinajstić information content (AvgIpc) is 2.69. The third-order valence-electron chi connectivity index (χ3n) is 6.63. The summed E-state index contributed by atoms with van der Waals surface area (Å²) in [6.45, 7) is -0.562. The fraction of sp³-hybridized carbons (Fsp3) is 0.591. The van der Waals surface area contributed by atoms with Crippen molar-refractivity contribution in [3.8, 4) is 11.5 Å². The number of methoxy groups -OCH3 is 2. The van der Waals surface area contributed by atoms with E-state index in [0.29, 0.717) is 23.5 Å². The standard InChI is InChI=1S/C22H28N2O6/c1-28-17-5-3-4-16(19(17)29-2)20(26)30-12-18(25)23-21(27)24-22-9-13-6-14(10-22)8-15(7-13)11-22/h3-5,13-15H,6-12H2,1-2H3,(H2,23,24,25,27). The van der Waals surface area contributed by atoms with Crippen LogP contribution in [-0.2, 0) is 9.53 Å². The van der Waals surface area contributed by atoms with E-state index in [2.05, 4.69) is 10.6 Å². The number of para-hydroxylation sites is 1. The number of rotatable bonds is 6. The van der Waals surface area contributed by atoms with Gasteiger partial charge in [0, 0.05) is 5.54 Å². The molecule has 4 aliphatic rings. The summed E-state index contributed by atoms with van der Waals surface area (Å²) in [7, 11) is 2.87. The van der Waals surface area contributed by atoms with Crippen LogP contribution in [0, 0.1) is 17.8 Å². The fourth-order valence-corrected chi connectivity index (χ4v) is 5.96. The Morgan fingerprint density at radius 1 is 1.00 bits per heavy atom. The molecule has 4 aliphatic carbocycles. The first-order valence-electron chi connectivity index (χ1n) is 10.4. The van der Waals surface area contributed by atoms with Crippen LogP contribution < -0.4 is 20.1 Å². The summed E-state index contributed by atoms with van der Waals surface area (Å²) in [4.78, 5) is 36.9. The van der Waals surface area contributed by atoms with E-state index in [9.17, 15) is 14.4 Å². The molecule has 0 radical (unpaired) electrons. The number of ether oxygens (including phenoxy) is 3. The van der Waals surface area contributed by atoms with Crippen molar-refractivity contribution >= 4 is 17.9 Å². The van der Waals surface area contributed by atoms with Gasteiger partial charge in [-0.1, -0.05) is 6.07 Å². The van der Waals surface area contributed by atoms with Gasteiger partial charge >= 0.3 is 12.0 Å². The summed E-state index contributed by atoms with van der Waals surface area (Å²) >= 11 is 0. The quantitative estimate of drug-likeness (QED) is 0.691. The lowest BCUT2D eigenvalue weighted by atomic mass is 9.53. The Bertz CT molecular complexity index is 817. The maximum atomic E-state index is 12.4. The van der Waals surface area contributed by atoms with Crippen LogP contribution in [0.4, 0.5) is 4.79 Å². The molecule has 0 aliphatic heterocycles. The van der Waals surface area contributed by atoms with Gasteiger partial charge in [0.25, 0.3) is 5.91 Å². The number of carbonyl (C=O) groups excluding carboxylic acids is 3. The molecule has 0 spiro atoms. The molecular weight excluding hydrogens is 388 g/mol. The maximum absolute atomic E-state index is 12.4. The summed E-state index contributed by atoms with van der Waals surface area (Å²) in [5.74, 6) is 1.26. The van der Waals surface area contributed by atoms with Crippen LogP contribution in [0.2, 0.25) is 0 Å². The van der Waals surface area contributed by atoms with Gasteiger partial charge in [-0.2, -0.15) is 0 Å². The van der Waals surface area contributed by atoms with E-state index < -0.39 is 24.5 Å². The van der Waals surface area contributed by atoms with Crippen molar-refractivity contribution < 1.29 is 28.6 Å². The molecule has 4 saturated carbocycles. The van der Waals surface area contributed by atoms with Crippen LogP contribution in [0.1, 0.15) is 48.9 Å². The molecule has 8 heteroatoms. The average molecular weight is 416 g/mol. The van der Waals surface area contributed by atoms with E-state index in [0.717, 1.165) is 19.3 Å². The Morgan fingerprint density at radius 3 is 2.20 bits per heavy atom. The zero-order chi connectivity index (χ0) is 21.3. The molecule has 162 valence electrons. The highest BCUT2D eigenvalue weighted by molar-refractivity contribution is 5.98. The van der Waals surface area contributed by atoms with Gasteiger partial charge in [0.2, 0.25) is 0 Å². The smallest absolute Gasteiger partial charge is 0.342 e. The lowest BCUT2D eigenvalue weighted by molar-refractivity contribution is -0.123. The van der Waals surface area contributed by atoms with Crippen molar-refractivity contribution in [1.29, 1.82) is 0 Å². The molecule has 0 aromatic heterocycles. The van der Waals surface area contributed by atoms with E-state index in [1.807, 2.05) is 0 Å². The first kappa shape index (κ1) is 20.5. The van der Waals surface area contributed by atoms with Crippen LogP contribution >= 0.6 is 0 Å². The minimum Gasteiger partial charge on any atom is -0.493 e. The van der Waals surface area contributed by atoms with Gasteiger partial charge in [-0.05, 0) is 68.4 Å². The van der Waals surface area contributed by atoms with Crippen molar-refractivity contribution in [3.63, 3.8) is 0 Å². The van der Waals surface area contributed by atoms with Crippen molar-refractivity contribution in [1.82, 2.24) is 10.6 Å². The van der Waals surface area contributed by atoms with Crippen molar-refractivity contribution in [2.24, 2.45) is 17.8 Å². The molecule has 0 heterocycles. The molecule has 0 atom stereocenters. The molecule has 3 amide bonds. The number of imide groups is 1. The van der Waals surface area contributed by atoms with E-state index in [1.165, 1.54) is 39.5 Å². The summed E-state index contributed by atoms with van der Waals surface area (Å²) in [5.41, 5.74) is -0.0494. The normalized spacial score (nSPS) is 28.5. The molecule has 30 heavy (non-hydrogen) atoms. The van der Waals surface area contributed by atoms with Crippen molar-refractivity contribution in [2.45, 2.75) is 44.1 Å². The fourth-order valence-electron chi connectivity index (χ4n) is 5.96. The van der Waals surface area contributed by atoms with E-state index in [4.69, 9.17) is 14.2 Å². The van der Waals surface area contributed by atoms with Crippen LogP contribution in [0.25, 0.3) is 0 Å². The van der Waals surface area contributed by atoms with E-state index in [1.54, 1.807) is 12.1 Å². The highest BCUT2D eigenvalue weighted by Gasteiger charge is 2.51. The number of nitrogens with one attached hydrogen (secondary N) is 2. The first-order chi connectivity index (χ1) is 14.4. The molecule has 0 unspecified atom stereocenters. The SMILES string of the molecule is COc1cccc(C(=O)OCC(=O)NC(=O)NC23CC4CC(CC(C4)C2)C3)c1OC. The zero-order valence-corrected chi connectivity index (χ0v) is 17.4. The summed E-state index contributed by atoms with van der Waals surface area (Å²) in [6, 6.07) is 4.27. The second kappa shape index (κ2) is 8.16. The third-order valence-corrected chi connectivity index (χ3v) is 6.63. The van der Waals surface area contributed by atoms with Gasteiger partial charge in [-0.25, -0.2) is 9.59 Å². The largest absolute Gasteiger partial charge is 0.493 e. The first-order valence-corrected chi connectivity index (χ1v) is 10.4. The molecule has 5 rings (SSSR count). The number of carbonyl (C=O) groups is 3. The van der Waals surface area contributed by atoms with Crippen LogP contribution in [0.5, 0.6) is 11.5 Å². The molecule has 0 saturated heterocycles. The molecule has 4 bridgehead atoms. The van der Waals surface area contributed by atoms with Gasteiger partial charge in [0.1, 0.15) is 5.56 Å². The number of hydrogen-bond acceptors (Lipinski definition) is 6. The molecule has 8 nitrogen and oxygen atoms in total. The second-order valence-electron chi connectivity index (χ2n) is 8.82. The predicted molar refractivity (Wildman–Crippen MR) is 107 cm³/mol.